The van der Waals surface area contributed by atoms with Gasteiger partial charge in [-0.1, -0.05) is 72.3 Å². The van der Waals surface area contributed by atoms with Gasteiger partial charge in [0.1, 0.15) is 5.54 Å². The Morgan fingerprint density at radius 2 is 1.82 bits per heavy atom. The van der Waals surface area contributed by atoms with E-state index in [1.807, 2.05) is 73.7 Å². The Labute approximate surface area is 228 Å². The molecule has 2 saturated heterocycles. The first-order chi connectivity index (χ1) is 18.3. The van der Waals surface area contributed by atoms with Gasteiger partial charge in [0, 0.05) is 31.2 Å². The lowest BCUT2D eigenvalue weighted by Crippen LogP contribution is -2.42. The number of urea groups is 1. The second-order valence-corrected chi connectivity index (χ2v) is 10.6. The topological polar surface area (TPSA) is 88.5 Å². The fourth-order valence-electron chi connectivity index (χ4n) is 5.27. The zero-order valence-electron chi connectivity index (χ0n) is 21.4. The number of amides is 3. The van der Waals surface area contributed by atoms with E-state index in [0.717, 1.165) is 29.5 Å². The van der Waals surface area contributed by atoms with Crippen LogP contribution in [0.4, 0.5) is 4.79 Å². The van der Waals surface area contributed by atoms with E-state index in [-0.39, 0.29) is 23.8 Å². The van der Waals surface area contributed by atoms with E-state index in [9.17, 15) is 9.59 Å². The predicted octanol–water partition coefficient (Wildman–Crippen LogP) is 4.86. The van der Waals surface area contributed by atoms with E-state index < -0.39 is 5.54 Å². The van der Waals surface area contributed by atoms with Gasteiger partial charge in [-0.25, -0.2) is 4.79 Å². The van der Waals surface area contributed by atoms with Gasteiger partial charge in [0.2, 0.25) is 0 Å². The summed E-state index contributed by atoms with van der Waals surface area (Å²) in [7, 11) is 0. The second-order valence-electron chi connectivity index (χ2n) is 10.2. The summed E-state index contributed by atoms with van der Waals surface area (Å²) >= 11 is 6.18. The summed E-state index contributed by atoms with van der Waals surface area (Å²) in [6.45, 7) is 4.01. The van der Waals surface area contributed by atoms with Crippen molar-refractivity contribution in [3.63, 3.8) is 0 Å². The van der Waals surface area contributed by atoms with Gasteiger partial charge in [-0.3, -0.25) is 15.1 Å². The number of benzene rings is 3. The average molecular weight is 530 g/mol. The molecule has 2 heterocycles. The van der Waals surface area contributed by atoms with Gasteiger partial charge in [-0.15, -0.1) is 0 Å². The van der Waals surface area contributed by atoms with Crippen LogP contribution in [0.1, 0.15) is 24.5 Å². The highest BCUT2D eigenvalue weighted by Crippen LogP contribution is 2.33. The fraction of sp³-hybridized carbons (Fsp3) is 0.300. The predicted molar refractivity (Wildman–Crippen MR) is 150 cm³/mol. The maximum atomic E-state index is 13.6. The molecule has 3 aromatic rings. The van der Waals surface area contributed by atoms with E-state index in [0.29, 0.717) is 31.2 Å². The van der Waals surface area contributed by atoms with Crippen LogP contribution in [0.3, 0.4) is 0 Å². The van der Waals surface area contributed by atoms with Crippen molar-refractivity contribution in [3.05, 3.63) is 95.0 Å². The molecule has 2 aliphatic rings. The molecule has 0 spiro atoms. The Kier molecular flexibility index (Phi) is 7.38. The largest absolute Gasteiger partial charge is 0.338 e. The minimum Gasteiger partial charge on any atom is -0.338 e. The molecule has 0 radical (unpaired) electrons. The molecule has 7 nitrogen and oxygen atoms in total. The van der Waals surface area contributed by atoms with E-state index >= 15 is 0 Å². The number of hydrogen-bond acceptors (Lipinski definition) is 3. The number of rotatable bonds is 7. The van der Waals surface area contributed by atoms with Crippen LogP contribution in [0, 0.1) is 11.3 Å². The van der Waals surface area contributed by atoms with Crippen molar-refractivity contribution >= 4 is 29.5 Å². The molecular weight excluding hydrogens is 498 g/mol. The number of likely N-dealkylation sites (tertiary alicyclic amines) is 1. The van der Waals surface area contributed by atoms with E-state index in [1.165, 1.54) is 10.5 Å². The average Bonchev–Trinajstić information content (AvgIpc) is 3.48. The molecule has 3 aromatic carbocycles. The molecule has 3 N–H and O–H groups in total. The summed E-state index contributed by atoms with van der Waals surface area (Å²) in [5.74, 6) is 0.0500. The minimum atomic E-state index is -1.04. The third-order valence-electron chi connectivity index (χ3n) is 7.46. The summed E-state index contributed by atoms with van der Waals surface area (Å²) in [5, 5.41) is 15.3. The quantitative estimate of drug-likeness (QED) is 0.408. The zero-order chi connectivity index (χ0) is 26.7. The lowest BCUT2D eigenvalue weighted by molar-refractivity contribution is -0.131. The van der Waals surface area contributed by atoms with Crippen LogP contribution in [-0.4, -0.2) is 53.9 Å². The van der Waals surface area contributed by atoms with Crippen LogP contribution in [0.15, 0.2) is 78.9 Å². The lowest BCUT2D eigenvalue weighted by Gasteiger charge is -2.24. The molecule has 2 fully saturated rings. The number of nitrogens with zero attached hydrogens (tertiary/aromatic N) is 2. The first kappa shape index (κ1) is 25.8. The Bertz CT molecular complexity index is 1350. The van der Waals surface area contributed by atoms with E-state index in [4.69, 9.17) is 17.0 Å². The number of nitrogens with one attached hydrogen (secondary N) is 3. The Balaban J connectivity index is 1.20. The van der Waals surface area contributed by atoms with Crippen LogP contribution in [-0.2, 0) is 16.8 Å². The summed E-state index contributed by atoms with van der Waals surface area (Å²) in [6.07, 6.45) is 1.58. The van der Waals surface area contributed by atoms with Crippen LogP contribution < -0.4 is 10.6 Å². The number of carbonyl (C=O) groups is 2. The molecule has 0 aliphatic carbocycles. The highest BCUT2D eigenvalue weighted by Gasteiger charge is 2.48. The fourth-order valence-corrected chi connectivity index (χ4v) is 5.46. The van der Waals surface area contributed by atoms with Gasteiger partial charge in [0.05, 0.1) is 0 Å². The van der Waals surface area contributed by atoms with Gasteiger partial charge in [0.25, 0.3) is 5.91 Å². The standard InChI is InChI=1S/C30H32ClN5O2/c1-30(25-11-5-9-23(17-25)24-10-6-12-26(31)18-24)27(37)36(28(32)34-30)20-22-14-16-35(19-22)29(38)33-15-13-21-7-3-2-4-8-21/h2-12,17-18,22H,13-16,19-20H2,1H3,(H2,32,34)(H,33,38)/t22-,30+/m0/s1. The highest BCUT2D eigenvalue weighted by atomic mass is 35.5. The highest BCUT2D eigenvalue weighted by molar-refractivity contribution is 6.30. The maximum Gasteiger partial charge on any atom is 0.317 e. The third kappa shape index (κ3) is 5.38. The molecule has 2 aliphatic heterocycles. The van der Waals surface area contributed by atoms with Crippen molar-refractivity contribution in [2.45, 2.75) is 25.3 Å². The molecule has 0 bridgehead atoms. The molecule has 5 rings (SSSR count). The molecule has 0 aromatic heterocycles. The monoisotopic (exact) mass is 529 g/mol. The molecule has 196 valence electrons. The summed E-state index contributed by atoms with van der Waals surface area (Å²) < 4.78 is 0. The van der Waals surface area contributed by atoms with Gasteiger partial charge >= 0.3 is 6.03 Å². The lowest BCUT2D eigenvalue weighted by atomic mass is 9.89. The summed E-state index contributed by atoms with van der Waals surface area (Å²) in [6, 6.07) is 25.4. The number of halogens is 1. The number of carbonyl (C=O) groups excluding carboxylic acids is 2. The van der Waals surface area contributed by atoms with Crippen molar-refractivity contribution in [2.24, 2.45) is 5.92 Å². The summed E-state index contributed by atoms with van der Waals surface area (Å²) in [4.78, 5) is 29.6. The molecule has 38 heavy (non-hydrogen) atoms. The van der Waals surface area contributed by atoms with Crippen LogP contribution in [0.25, 0.3) is 11.1 Å². The Morgan fingerprint density at radius 3 is 2.58 bits per heavy atom. The van der Waals surface area contributed by atoms with Crippen molar-refractivity contribution in [1.29, 1.82) is 5.41 Å². The van der Waals surface area contributed by atoms with Crippen molar-refractivity contribution in [3.8, 4) is 11.1 Å². The molecular formula is C30H32ClN5O2. The molecule has 3 amide bonds. The molecule has 2 atom stereocenters. The van der Waals surface area contributed by atoms with Gasteiger partial charge in [-0.2, -0.15) is 0 Å². The van der Waals surface area contributed by atoms with Crippen molar-refractivity contribution < 1.29 is 9.59 Å². The van der Waals surface area contributed by atoms with Gasteiger partial charge in [-0.05, 0) is 66.1 Å². The van der Waals surface area contributed by atoms with E-state index in [2.05, 4.69) is 22.8 Å². The van der Waals surface area contributed by atoms with Crippen LogP contribution >= 0.6 is 11.6 Å². The maximum absolute atomic E-state index is 13.6. The van der Waals surface area contributed by atoms with Crippen molar-refractivity contribution in [1.82, 2.24) is 20.4 Å². The second kappa shape index (κ2) is 10.9. The van der Waals surface area contributed by atoms with E-state index in [1.54, 1.807) is 4.90 Å². The first-order valence-corrected chi connectivity index (χ1v) is 13.3. The molecule has 0 saturated carbocycles. The normalized spacial score (nSPS) is 21.1. The molecule has 0 unspecified atom stereocenters. The van der Waals surface area contributed by atoms with Gasteiger partial charge < -0.3 is 15.5 Å². The minimum absolute atomic E-state index is 0.0768. The zero-order valence-corrected chi connectivity index (χ0v) is 22.2. The molecule has 8 heteroatoms. The Morgan fingerprint density at radius 1 is 1.08 bits per heavy atom. The third-order valence-corrected chi connectivity index (χ3v) is 7.69. The number of hydrogen-bond donors (Lipinski definition) is 3. The number of guanidine groups is 1. The summed E-state index contributed by atoms with van der Waals surface area (Å²) in [5.41, 5.74) is 2.85. The smallest absolute Gasteiger partial charge is 0.317 e. The van der Waals surface area contributed by atoms with Crippen LogP contribution in [0.5, 0.6) is 0 Å². The van der Waals surface area contributed by atoms with Crippen LogP contribution in [0.2, 0.25) is 5.02 Å². The Hall–Kier alpha value is -3.84. The van der Waals surface area contributed by atoms with Gasteiger partial charge in [0.15, 0.2) is 5.96 Å². The first-order valence-electron chi connectivity index (χ1n) is 13.0. The SMILES string of the molecule is C[C@]1(c2cccc(-c3cccc(Cl)c3)c2)NC(=N)N(C[C@H]2CCN(C(=O)NCCc3ccccc3)C2)C1=O. The van der Waals surface area contributed by atoms with Crippen molar-refractivity contribution in [2.75, 3.05) is 26.2 Å².